The van der Waals surface area contributed by atoms with Crippen molar-refractivity contribution in [3.8, 4) is 0 Å². The number of nitrogens with zero attached hydrogens (tertiary/aromatic N) is 2. The molecule has 0 saturated carbocycles. The summed E-state index contributed by atoms with van der Waals surface area (Å²) in [6, 6.07) is 6.13. The SMILES string of the molecule is CCc1cccc(F)c1CN1CCC(N2CCNCC2)C1.Cl. The van der Waals surface area contributed by atoms with E-state index in [0.29, 0.717) is 6.04 Å². The first-order valence-corrected chi connectivity index (χ1v) is 8.21. The van der Waals surface area contributed by atoms with Crippen LogP contribution in [-0.2, 0) is 13.0 Å². The van der Waals surface area contributed by atoms with Crippen molar-refractivity contribution in [2.45, 2.75) is 32.4 Å². The number of likely N-dealkylation sites (tertiary alicyclic amines) is 1. The molecule has 0 radical (unpaired) electrons. The molecule has 1 N–H and O–H groups in total. The lowest BCUT2D eigenvalue weighted by Crippen LogP contribution is -2.49. The lowest BCUT2D eigenvalue weighted by atomic mass is 10.0. The number of benzene rings is 1. The fourth-order valence-corrected chi connectivity index (χ4v) is 3.64. The van der Waals surface area contributed by atoms with E-state index >= 15 is 0 Å². The fourth-order valence-electron chi connectivity index (χ4n) is 3.64. The van der Waals surface area contributed by atoms with E-state index < -0.39 is 0 Å². The summed E-state index contributed by atoms with van der Waals surface area (Å²) in [7, 11) is 0. The van der Waals surface area contributed by atoms with Crippen molar-refractivity contribution < 1.29 is 4.39 Å². The second kappa shape index (κ2) is 8.25. The van der Waals surface area contributed by atoms with Crippen molar-refractivity contribution in [3.63, 3.8) is 0 Å². The first-order valence-electron chi connectivity index (χ1n) is 8.21. The average Bonchev–Trinajstić information content (AvgIpc) is 2.99. The Morgan fingerprint density at radius 1 is 1.23 bits per heavy atom. The highest BCUT2D eigenvalue weighted by Crippen LogP contribution is 2.22. The summed E-state index contributed by atoms with van der Waals surface area (Å²) >= 11 is 0. The maximum absolute atomic E-state index is 14.1. The third kappa shape index (κ3) is 3.99. The molecule has 0 amide bonds. The number of piperazine rings is 1. The molecule has 5 heteroatoms. The predicted octanol–water partition coefficient (Wildman–Crippen LogP) is 2.29. The Bertz CT molecular complexity index is 477. The number of hydrogen-bond acceptors (Lipinski definition) is 3. The van der Waals surface area contributed by atoms with E-state index in [1.54, 1.807) is 6.07 Å². The molecular weight excluding hydrogens is 301 g/mol. The molecule has 2 aliphatic rings. The molecule has 3 rings (SSSR count). The second-order valence-corrected chi connectivity index (χ2v) is 6.19. The predicted molar refractivity (Wildman–Crippen MR) is 91.2 cm³/mol. The minimum Gasteiger partial charge on any atom is -0.314 e. The number of aryl methyl sites for hydroxylation is 1. The van der Waals surface area contributed by atoms with Gasteiger partial charge in [0.15, 0.2) is 0 Å². The largest absolute Gasteiger partial charge is 0.314 e. The second-order valence-electron chi connectivity index (χ2n) is 6.19. The monoisotopic (exact) mass is 327 g/mol. The van der Waals surface area contributed by atoms with Crippen LogP contribution in [0, 0.1) is 5.82 Å². The maximum atomic E-state index is 14.1. The van der Waals surface area contributed by atoms with Gasteiger partial charge in [0, 0.05) is 57.4 Å². The summed E-state index contributed by atoms with van der Waals surface area (Å²) in [5.74, 6) is -0.0417. The molecular formula is C17H27ClFN3. The van der Waals surface area contributed by atoms with Gasteiger partial charge >= 0.3 is 0 Å². The summed E-state index contributed by atoms with van der Waals surface area (Å²) in [4.78, 5) is 5.02. The molecule has 0 aromatic heterocycles. The summed E-state index contributed by atoms with van der Waals surface area (Å²) in [6.45, 7) is 9.54. The van der Waals surface area contributed by atoms with E-state index in [0.717, 1.165) is 63.4 Å². The van der Waals surface area contributed by atoms with Crippen LogP contribution in [0.5, 0.6) is 0 Å². The molecule has 1 unspecified atom stereocenters. The van der Waals surface area contributed by atoms with Gasteiger partial charge in [-0.05, 0) is 24.5 Å². The molecule has 2 heterocycles. The van der Waals surface area contributed by atoms with Gasteiger partial charge in [0.2, 0.25) is 0 Å². The zero-order valence-corrected chi connectivity index (χ0v) is 14.2. The zero-order valence-electron chi connectivity index (χ0n) is 13.4. The van der Waals surface area contributed by atoms with Crippen LogP contribution in [0.25, 0.3) is 0 Å². The molecule has 3 nitrogen and oxygen atoms in total. The van der Waals surface area contributed by atoms with Gasteiger partial charge in [-0.25, -0.2) is 4.39 Å². The van der Waals surface area contributed by atoms with Crippen LogP contribution in [0.15, 0.2) is 18.2 Å². The van der Waals surface area contributed by atoms with Crippen molar-refractivity contribution in [3.05, 3.63) is 35.1 Å². The average molecular weight is 328 g/mol. The molecule has 0 bridgehead atoms. The molecule has 2 aliphatic heterocycles. The van der Waals surface area contributed by atoms with Crippen molar-refractivity contribution >= 4 is 12.4 Å². The van der Waals surface area contributed by atoms with E-state index in [1.807, 2.05) is 6.07 Å². The molecule has 1 aromatic rings. The van der Waals surface area contributed by atoms with E-state index in [9.17, 15) is 4.39 Å². The summed E-state index contributed by atoms with van der Waals surface area (Å²) in [6.07, 6.45) is 2.12. The van der Waals surface area contributed by atoms with Gasteiger partial charge in [-0.1, -0.05) is 19.1 Å². The Morgan fingerprint density at radius 2 is 2.00 bits per heavy atom. The summed E-state index contributed by atoms with van der Waals surface area (Å²) in [5.41, 5.74) is 2.06. The van der Waals surface area contributed by atoms with Gasteiger partial charge in [0.25, 0.3) is 0 Å². The number of nitrogens with one attached hydrogen (secondary N) is 1. The third-order valence-electron chi connectivity index (χ3n) is 4.89. The lowest BCUT2D eigenvalue weighted by molar-refractivity contribution is 0.170. The maximum Gasteiger partial charge on any atom is 0.127 e. The Morgan fingerprint density at radius 3 is 2.73 bits per heavy atom. The van der Waals surface area contributed by atoms with Gasteiger partial charge in [-0.2, -0.15) is 0 Å². The van der Waals surface area contributed by atoms with Crippen LogP contribution in [0.2, 0.25) is 0 Å². The normalized spacial score (nSPS) is 23.5. The van der Waals surface area contributed by atoms with E-state index in [4.69, 9.17) is 0 Å². The van der Waals surface area contributed by atoms with Crippen molar-refractivity contribution in [1.29, 1.82) is 0 Å². The van der Waals surface area contributed by atoms with Gasteiger partial charge in [0.05, 0.1) is 0 Å². The number of rotatable bonds is 4. The highest BCUT2D eigenvalue weighted by Gasteiger charge is 2.28. The highest BCUT2D eigenvalue weighted by atomic mass is 35.5. The zero-order chi connectivity index (χ0) is 14.7. The molecule has 1 aromatic carbocycles. The Balaban J connectivity index is 0.00000176. The van der Waals surface area contributed by atoms with Crippen molar-refractivity contribution in [2.24, 2.45) is 0 Å². The molecule has 0 aliphatic carbocycles. The van der Waals surface area contributed by atoms with Crippen LogP contribution in [-0.4, -0.2) is 55.1 Å². The van der Waals surface area contributed by atoms with Gasteiger partial charge in [-0.3, -0.25) is 9.80 Å². The smallest absolute Gasteiger partial charge is 0.127 e. The molecule has 2 fully saturated rings. The molecule has 1 atom stereocenters. The molecule has 22 heavy (non-hydrogen) atoms. The first kappa shape index (κ1) is 17.7. The number of hydrogen-bond donors (Lipinski definition) is 1. The van der Waals surface area contributed by atoms with Crippen LogP contribution in [0.1, 0.15) is 24.5 Å². The summed E-state index contributed by atoms with van der Waals surface area (Å²) in [5, 5.41) is 3.41. The van der Waals surface area contributed by atoms with E-state index in [-0.39, 0.29) is 18.2 Å². The van der Waals surface area contributed by atoms with Crippen LogP contribution in [0.3, 0.4) is 0 Å². The Kier molecular flexibility index (Phi) is 6.63. The van der Waals surface area contributed by atoms with E-state index in [2.05, 4.69) is 28.1 Å². The standard InChI is InChI=1S/C17H26FN3.ClH/c1-2-14-4-3-5-17(18)16(14)13-20-9-6-15(12-20)21-10-7-19-8-11-21;/h3-5,15,19H,2,6-13H2,1H3;1H. The Labute approximate surface area is 139 Å². The first-order chi connectivity index (χ1) is 10.3. The molecule has 124 valence electrons. The van der Waals surface area contributed by atoms with E-state index in [1.165, 1.54) is 6.42 Å². The van der Waals surface area contributed by atoms with Crippen molar-refractivity contribution in [1.82, 2.24) is 15.1 Å². The van der Waals surface area contributed by atoms with Crippen LogP contribution in [0.4, 0.5) is 4.39 Å². The van der Waals surface area contributed by atoms with Gasteiger partial charge in [0.1, 0.15) is 5.82 Å². The topological polar surface area (TPSA) is 18.5 Å². The van der Waals surface area contributed by atoms with Gasteiger partial charge in [-0.15, -0.1) is 12.4 Å². The Hall–Kier alpha value is -0.680. The summed E-state index contributed by atoms with van der Waals surface area (Å²) < 4.78 is 14.1. The highest BCUT2D eigenvalue weighted by molar-refractivity contribution is 5.85. The van der Waals surface area contributed by atoms with Gasteiger partial charge < -0.3 is 5.32 Å². The molecule has 2 saturated heterocycles. The lowest BCUT2D eigenvalue weighted by Gasteiger charge is -2.32. The van der Waals surface area contributed by atoms with Crippen LogP contribution < -0.4 is 5.32 Å². The fraction of sp³-hybridized carbons (Fsp3) is 0.647. The minimum atomic E-state index is -0.0417. The molecule has 0 spiro atoms. The number of halogens is 2. The van der Waals surface area contributed by atoms with Crippen molar-refractivity contribution in [2.75, 3.05) is 39.3 Å². The van der Waals surface area contributed by atoms with Crippen LogP contribution >= 0.6 is 12.4 Å². The third-order valence-corrected chi connectivity index (χ3v) is 4.89. The quantitative estimate of drug-likeness (QED) is 0.915. The minimum absolute atomic E-state index is 0.